The number of hydrogen-bond acceptors (Lipinski definition) is 5. The third-order valence-electron chi connectivity index (χ3n) is 5.63. The second-order valence-electron chi connectivity index (χ2n) is 7.83. The smallest absolute Gasteiger partial charge is 0.369 e. The highest BCUT2D eigenvalue weighted by molar-refractivity contribution is 5.89. The maximum Gasteiger partial charge on any atom is 0.433 e. The van der Waals surface area contributed by atoms with E-state index >= 15 is 0 Å². The third-order valence-corrected chi connectivity index (χ3v) is 5.63. The summed E-state index contributed by atoms with van der Waals surface area (Å²) >= 11 is 0. The van der Waals surface area contributed by atoms with Gasteiger partial charge in [-0.25, -0.2) is 9.97 Å². The molecule has 1 N–H and O–H groups in total. The summed E-state index contributed by atoms with van der Waals surface area (Å²) in [6.45, 7) is 3.46. The van der Waals surface area contributed by atoms with E-state index in [0.29, 0.717) is 29.2 Å². The van der Waals surface area contributed by atoms with Gasteiger partial charge in [0.15, 0.2) is 0 Å². The van der Waals surface area contributed by atoms with Crippen LogP contribution in [0.1, 0.15) is 29.7 Å². The van der Waals surface area contributed by atoms with Gasteiger partial charge in [0.2, 0.25) is 0 Å². The lowest BCUT2D eigenvalue weighted by Crippen LogP contribution is -2.35. The van der Waals surface area contributed by atoms with Gasteiger partial charge < -0.3 is 5.32 Å². The van der Waals surface area contributed by atoms with Crippen LogP contribution in [0.5, 0.6) is 0 Å². The standard InChI is InChI=1S/C23H22F3N5/c24-23(25,26)21-5-4-19-20(30-21)6-9-28-22(19)29-14-16-7-10-31(11-8-16)15-18-3-1-2-17(12-18)13-27/h1-6,9,12,16H,7-8,10-11,14-15H2,(H,28,29). The van der Waals surface area contributed by atoms with Crippen molar-refractivity contribution < 1.29 is 13.2 Å². The van der Waals surface area contributed by atoms with E-state index in [4.69, 9.17) is 5.26 Å². The number of nitrogens with zero attached hydrogens (tertiary/aromatic N) is 4. The van der Waals surface area contributed by atoms with Gasteiger partial charge in [-0.05, 0) is 67.7 Å². The monoisotopic (exact) mass is 425 g/mol. The van der Waals surface area contributed by atoms with Crippen LogP contribution in [0.25, 0.3) is 10.9 Å². The molecule has 4 rings (SSSR count). The lowest BCUT2D eigenvalue weighted by Gasteiger charge is -2.32. The molecule has 1 fully saturated rings. The van der Waals surface area contributed by atoms with Crippen molar-refractivity contribution in [2.45, 2.75) is 25.6 Å². The van der Waals surface area contributed by atoms with Crippen molar-refractivity contribution in [1.82, 2.24) is 14.9 Å². The highest BCUT2D eigenvalue weighted by Crippen LogP contribution is 2.30. The molecule has 0 spiro atoms. The largest absolute Gasteiger partial charge is 0.433 e. The number of nitriles is 1. The molecule has 5 nitrogen and oxygen atoms in total. The molecule has 1 aliphatic rings. The zero-order valence-electron chi connectivity index (χ0n) is 16.9. The SMILES string of the molecule is N#Cc1cccc(CN2CCC(CNc3nccc4nc(C(F)(F)F)ccc34)CC2)c1. The molecular weight excluding hydrogens is 403 g/mol. The number of pyridine rings is 2. The maximum absolute atomic E-state index is 12.9. The number of fused-ring (bicyclic) bond motifs is 1. The third kappa shape index (κ3) is 5.12. The van der Waals surface area contributed by atoms with Crippen molar-refractivity contribution in [2.75, 3.05) is 25.0 Å². The van der Waals surface area contributed by atoms with Gasteiger partial charge in [0, 0.05) is 24.7 Å². The number of piperidine rings is 1. The van der Waals surface area contributed by atoms with E-state index in [-0.39, 0.29) is 5.52 Å². The Balaban J connectivity index is 1.33. The molecule has 1 saturated heterocycles. The molecule has 1 aliphatic heterocycles. The number of likely N-dealkylation sites (tertiary alicyclic amines) is 1. The van der Waals surface area contributed by atoms with E-state index < -0.39 is 11.9 Å². The number of benzene rings is 1. The molecule has 0 amide bonds. The average Bonchev–Trinajstić information content (AvgIpc) is 2.77. The van der Waals surface area contributed by atoms with E-state index in [9.17, 15) is 13.2 Å². The molecule has 0 unspecified atom stereocenters. The number of rotatable bonds is 5. The molecular formula is C23H22F3N5. The first kappa shape index (κ1) is 21.1. The predicted octanol–water partition coefficient (Wildman–Crippen LogP) is 4.84. The van der Waals surface area contributed by atoms with E-state index in [2.05, 4.69) is 26.3 Å². The molecule has 160 valence electrons. The number of nitrogens with one attached hydrogen (secondary N) is 1. The number of halogens is 3. The molecule has 8 heteroatoms. The first-order valence-electron chi connectivity index (χ1n) is 10.2. The van der Waals surface area contributed by atoms with Gasteiger partial charge >= 0.3 is 6.18 Å². The van der Waals surface area contributed by atoms with Gasteiger partial charge in [-0.1, -0.05) is 12.1 Å². The molecule has 0 aliphatic carbocycles. The Morgan fingerprint density at radius 3 is 2.68 bits per heavy atom. The maximum atomic E-state index is 12.9. The van der Waals surface area contributed by atoms with Crippen LogP contribution in [0.2, 0.25) is 0 Å². The quantitative estimate of drug-likeness (QED) is 0.633. The Labute approximate surface area is 178 Å². The molecule has 3 aromatic rings. The number of hydrogen-bond donors (Lipinski definition) is 1. The van der Waals surface area contributed by atoms with Gasteiger partial charge in [-0.3, -0.25) is 4.90 Å². The Morgan fingerprint density at radius 1 is 1.13 bits per heavy atom. The Kier molecular flexibility index (Phi) is 6.05. The summed E-state index contributed by atoms with van der Waals surface area (Å²) in [6, 6.07) is 13.8. The minimum atomic E-state index is -4.46. The first-order chi connectivity index (χ1) is 14.9. The zero-order chi connectivity index (χ0) is 21.8. The number of anilines is 1. The second kappa shape index (κ2) is 8.90. The Hall–Kier alpha value is -3.18. The van der Waals surface area contributed by atoms with Gasteiger partial charge in [0.1, 0.15) is 11.5 Å². The summed E-state index contributed by atoms with van der Waals surface area (Å²) in [6.07, 6.45) is -0.941. The summed E-state index contributed by atoms with van der Waals surface area (Å²) < 4.78 is 38.7. The van der Waals surface area contributed by atoms with Gasteiger partial charge in [-0.2, -0.15) is 18.4 Å². The van der Waals surface area contributed by atoms with Crippen LogP contribution < -0.4 is 5.32 Å². The molecule has 1 aromatic carbocycles. The molecule has 3 heterocycles. The molecule has 0 saturated carbocycles. The topological polar surface area (TPSA) is 64.8 Å². The van der Waals surface area contributed by atoms with E-state index in [1.54, 1.807) is 0 Å². The Morgan fingerprint density at radius 2 is 1.94 bits per heavy atom. The first-order valence-corrected chi connectivity index (χ1v) is 10.2. The molecule has 2 aromatic heterocycles. The van der Waals surface area contributed by atoms with E-state index in [1.165, 1.54) is 18.3 Å². The minimum Gasteiger partial charge on any atom is -0.369 e. The van der Waals surface area contributed by atoms with Crippen molar-refractivity contribution in [3.05, 3.63) is 65.5 Å². The molecule has 0 atom stereocenters. The summed E-state index contributed by atoms with van der Waals surface area (Å²) in [5, 5.41) is 12.9. The number of alkyl halides is 3. The predicted molar refractivity (Wildman–Crippen MR) is 112 cm³/mol. The van der Waals surface area contributed by atoms with Crippen LogP contribution in [0.15, 0.2) is 48.7 Å². The second-order valence-corrected chi connectivity index (χ2v) is 7.83. The van der Waals surface area contributed by atoms with Gasteiger partial charge in [0.25, 0.3) is 0 Å². The zero-order valence-corrected chi connectivity index (χ0v) is 16.9. The van der Waals surface area contributed by atoms with Crippen molar-refractivity contribution in [2.24, 2.45) is 5.92 Å². The normalized spacial score (nSPS) is 15.7. The molecule has 0 bridgehead atoms. The fourth-order valence-corrected chi connectivity index (χ4v) is 3.94. The van der Waals surface area contributed by atoms with Crippen LogP contribution in [-0.4, -0.2) is 34.5 Å². The van der Waals surface area contributed by atoms with Crippen LogP contribution >= 0.6 is 0 Å². The molecule has 0 radical (unpaired) electrons. The fourth-order valence-electron chi connectivity index (χ4n) is 3.94. The van der Waals surface area contributed by atoms with E-state index in [1.807, 2.05) is 24.3 Å². The lowest BCUT2D eigenvalue weighted by molar-refractivity contribution is -0.140. The summed E-state index contributed by atoms with van der Waals surface area (Å²) in [5.74, 6) is 1.02. The van der Waals surface area contributed by atoms with Gasteiger partial charge in [-0.15, -0.1) is 0 Å². The Bertz CT molecular complexity index is 1100. The van der Waals surface area contributed by atoms with Crippen LogP contribution in [0, 0.1) is 17.2 Å². The fraction of sp³-hybridized carbons (Fsp3) is 0.348. The summed E-state index contributed by atoms with van der Waals surface area (Å²) in [5.41, 5.74) is 1.20. The highest BCUT2D eigenvalue weighted by Gasteiger charge is 2.32. The van der Waals surface area contributed by atoms with Crippen LogP contribution in [0.4, 0.5) is 19.0 Å². The van der Waals surface area contributed by atoms with Crippen LogP contribution in [0.3, 0.4) is 0 Å². The highest BCUT2D eigenvalue weighted by atomic mass is 19.4. The van der Waals surface area contributed by atoms with Crippen LogP contribution in [-0.2, 0) is 12.7 Å². The summed E-state index contributed by atoms with van der Waals surface area (Å²) in [4.78, 5) is 10.4. The van der Waals surface area contributed by atoms with Crippen molar-refractivity contribution in [3.8, 4) is 6.07 Å². The van der Waals surface area contributed by atoms with Crippen molar-refractivity contribution in [1.29, 1.82) is 5.26 Å². The average molecular weight is 425 g/mol. The number of aromatic nitrogens is 2. The van der Waals surface area contributed by atoms with E-state index in [0.717, 1.165) is 44.1 Å². The van der Waals surface area contributed by atoms with Crippen molar-refractivity contribution in [3.63, 3.8) is 0 Å². The lowest BCUT2D eigenvalue weighted by atomic mass is 9.96. The minimum absolute atomic E-state index is 0.279. The van der Waals surface area contributed by atoms with Crippen molar-refractivity contribution >= 4 is 16.7 Å². The summed E-state index contributed by atoms with van der Waals surface area (Å²) in [7, 11) is 0. The van der Waals surface area contributed by atoms with Gasteiger partial charge in [0.05, 0.1) is 17.1 Å². The molecule has 31 heavy (non-hydrogen) atoms.